The molecular weight excluding hydrogens is 518 g/mol. The van der Waals surface area contributed by atoms with E-state index < -0.39 is 35.5 Å². The van der Waals surface area contributed by atoms with Crippen LogP contribution in [-0.4, -0.2) is 24.7 Å². The number of carbonyl (C=O) groups excluding carboxylic acids is 1. The number of thioether (sulfide) groups is 1. The lowest BCUT2D eigenvalue weighted by Gasteiger charge is -2.29. The Bertz CT molecular complexity index is 1080. The second-order valence-corrected chi connectivity index (χ2v) is 10.1. The van der Waals surface area contributed by atoms with E-state index in [1.165, 1.54) is 12.1 Å². The topological polar surface area (TPSA) is 35.5 Å². The Morgan fingerprint density at radius 1 is 0.946 bits per heavy atom. The van der Waals surface area contributed by atoms with E-state index >= 15 is 13.2 Å². The number of hydrogen-bond acceptors (Lipinski definition) is 4. The van der Waals surface area contributed by atoms with Gasteiger partial charge in [-0.05, 0) is 62.1 Å². The van der Waals surface area contributed by atoms with Crippen LogP contribution < -0.4 is 4.74 Å². The monoisotopic (exact) mass is 548 g/mol. The molecule has 0 N–H and O–H groups in total. The van der Waals surface area contributed by atoms with Gasteiger partial charge in [-0.25, -0.2) is 13.2 Å². The van der Waals surface area contributed by atoms with Crippen LogP contribution in [0.2, 0.25) is 0 Å². The van der Waals surface area contributed by atoms with Crippen LogP contribution in [0.5, 0.6) is 5.75 Å². The fourth-order valence-corrected chi connectivity index (χ4v) is 5.86. The Hall–Kier alpha value is -2.36. The summed E-state index contributed by atoms with van der Waals surface area (Å²) in [4.78, 5) is 11.3. The number of ether oxygens (including phenoxy) is 2. The molecule has 10 heteroatoms. The van der Waals surface area contributed by atoms with Gasteiger partial charge in [-0.3, -0.25) is 4.79 Å². The Labute approximate surface area is 216 Å². The predicted octanol–water partition coefficient (Wildman–Crippen LogP) is 8.79. The van der Waals surface area contributed by atoms with Crippen LogP contribution in [0.25, 0.3) is 11.1 Å². The number of hydrogen-bond donors (Lipinski definition) is 0. The van der Waals surface area contributed by atoms with E-state index in [-0.39, 0.29) is 46.3 Å². The molecule has 1 aliphatic carbocycles. The number of halogens is 6. The summed E-state index contributed by atoms with van der Waals surface area (Å²) in [7, 11) is 0. The summed E-state index contributed by atoms with van der Waals surface area (Å²) in [5.74, 6) is -4.87. The Morgan fingerprint density at radius 3 is 2.24 bits per heavy atom. The van der Waals surface area contributed by atoms with Crippen molar-refractivity contribution in [1.29, 1.82) is 0 Å². The van der Waals surface area contributed by atoms with Crippen molar-refractivity contribution in [1.82, 2.24) is 0 Å². The first-order chi connectivity index (χ1) is 17.6. The highest BCUT2D eigenvalue weighted by atomic mass is 32.2. The lowest BCUT2D eigenvalue weighted by atomic mass is 9.77. The molecular formula is C27H30F6O3S. The number of benzene rings is 2. The fraction of sp³-hybridized carbons (Fsp3) is 0.519. The minimum Gasteiger partial charge on any atom is -0.466 e. The van der Waals surface area contributed by atoms with Gasteiger partial charge in [0.15, 0.2) is 23.2 Å². The summed E-state index contributed by atoms with van der Waals surface area (Å²) in [6.45, 7) is 3.86. The van der Waals surface area contributed by atoms with Crippen LogP contribution in [0, 0.1) is 23.4 Å². The van der Waals surface area contributed by atoms with Gasteiger partial charge >= 0.3 is 12.3 Å². The zero-order valence-corrected chi connectivity index (χ0v) is 21.5. The number of rotatable bonds is 10. The molecule has 0 unspecified atom stereocenters. The lowest BCUT2D eigenvalue weighted by molar-refractivity contribution is -0.275. The summed E-state index contributed by atoms with van der Waals surface area (Å²) in [6, 6.07) is 4.60. The second-order valence-electron chi connectivity index (χ2n) is 9.04. The number of alkyl halides is 3. The standard InChI is InChI=1S/C27H30F6O3S/c1-3-5-16-6-8-17(9-7-16)18-10-11-19(24(29)23(18)28)20-12-13-21(36-27(31,32)33)25(30)26(20)37-15-14-22(34)35-4-2/h10-13,16-17H,3-9,14-15H2,1-2H3. The maximum absolute atomic E-state index is 15.3. The molecule has 1 fully saturated rings. The summed E-state index contributed by atoms with van der Waals surface area (Å²) >= 11 is 0.702. The molecule has 0 spiro atoms. The molecule has 0 aromatic heterocycles. The number of esters is 1. The second kappa shape index (κ2) is 12.9. The quantitative estimate of drug-likeness (QED) is 0.169. The summed E-state index contributed by atoms with van der Waals surface area (Å²) < 4.78 is 92.6. The minimum absolute atomic E-state index is 0.0542. The van der Waals surface area contributed by atoms with Gasteiger partial charge in [0.2, 0.25) is 0 Å². The Morgan fingerprint density at radius 2 is 1.62 bits per heavy atom. The summed E-state index contributed by atoms with van der Waals surface area (Å²) in [5.41, 5.74) is -0.155. The van der Waals surface area contributed by atoms with E-state index in [4.69, 9.17) is 4.74 Å². The van der Waals surface area contributed by atoms with E-state index in [0.717, 1.165) is 50.7 Å². The first-order valence-electron chi connectivity index (χ1n) is 12.4. The van der Waals surface area contributed by atoms with E-state index in [9.17, 15) is 18.0 Å². The largest absolute Gasteiger partial charge is 0.573 e. The molecule has 204 valence electrons. The SMILES string of the molecule is CCCC1CCC(c2ccc(-c3ccc(OC(F)(F)F)c(F)c3SCCC(=O)OCC)c(F)c2F)CC1. The molecule has 0 aliphatic heterocycles. The van der Waals surface area contributed by atoms with Crippen molar-refractivity contribution in [3.63, 3.8) is 0 Å². The summed E-state index contributed by atoms with van der Waals surface area (Å²) in [6.07, 6.45) is 0.252. The maximum Gasteiger partial charge on any atom is 0.573 e. The van der Waals surface area contributed by atoms with Gasteiger partial charge in [-0.1, -0.05) is 31.9 Å². The zero-order chi connectivity index (χ0) is 27.2. The Kier molecular flexibility index (Phi) is 10.2. The highest BCUT2D eigenvalue weighted by Crippen LogP contribution is 2.43. The number of carbonyl (C=O) groups is 1. The molecule has 0 radical (unpaired) electrons. The molecule has 1 saturated carbocycles. The molecule has 0 saturated heterocycles. The maximum atomic E-state index is 15.3. The van der Waals surface area contributed by atoms with Crippen LogP contribution in [0.4, 0.5) is 26.3 Å². The zero-order valence-electron chi connectivity index (χ0n) is 20.7. The fourth-order valence-electron chi connectivity index (χ4n) is 4.82. The van der Waals surface area contributed by atoms with E-state index in [1.807, 2.05) is 0 Å². The first kappa shape index (κ1) is 29.2. The minimum atomic E-state index is -5.15. The van der Waals surface area contributed by atoms with Crippen molar-refractivity contribution < 1.29 is 40.6 Å². The van der Waals surface area contributed by atoms with Crippen molar-refractivity contribution in [3.05, 3.63) is 47.3 Å². The molecule has 0 heterocycles. The molecule has 2 aromatic carbocycles. The van der Waals surface area contributed by atoms with Gasteiger partial charge < -0.3 is 9.47 Å². The third-order valence-electron chi connectivity index (χ3n) is 6.53. The van der Waals surface area contributed by atoms with Gasteiger partial charge in [-0.15, -0.1) is 24.9 Å². The van der Waals surface area contributed by atoms with Crippen LogP contribution in [-0.2, 0) is 9.53 Å². The van der Waals surface area contributed by atoms with Gasteiger partial charge in [0.05, 0.1) is 17.9 Å². The molecule has 0 atom stereocenters. The van der Waals surface area contributed by atoms with E-state index in [1.54, 1.807) is 6.92 Å². The molecule has 1 aliphatic rings. The van der Waals surface area contributed by atoms with Crippen LogP contribution in [0.3, 0.4) is 0 Å². The van der Waals surface area contributed by atoms with E-state index in [0.29, 0.717) is 17.7 Å². The molecule has 0 bridgehead atoms. The van der Waals surface area contributed by atoms with Gasteiger partial charge in [0, 0.05) is 16.9 Å². The van der Waals surface area contributed by atoms with Crippen molar-refractivity contribution in [2.24, 2.45) is 5.92 Å². The molecule has 2 aromatic rings. The van der Waals surface area contributed by atoms with Crippen molar-refractivity contribution in [3.8, 4) is 16.9 Å². The van der Waals surface area contributed by atoms with Crippen molar-refractivity contribution in [2.75, 3.05) is 12.4 Å². The average molecular weight is 549 g/mol. The molecule has 0 amide bonds. The summed E-state index contributed by atoms with van der Waals surface area (Å²) in [5, 5.41) is 0. The first-order valence-corrected chi connectivity index (χ1v) is 13.4. The van der Waals surface area contributed by atoms with Crippen molar-refractivity contribution in [2.45, 2.75) is 76.0 Å². The molecule has 37 heavy (non-hydrogen) atoms. The van der Waals surface area contributed by atoms with Crippen molar-refractivity contribution >= 4 is 17.7 Å². The normalized spacial score (nSPS) is 18.1. The Balaban J connectivity index is 1.93. The van der Waals surface area contributed by atoms with Crippen LogP contribution >= 0.6 is 11.8 Å². The molecule has 3 rings (SSSR count). The predicted molar refractivity (Wildman–Crippen MR) is 130 cm³/mol. The highest BCUT2D eigenvalue weighted by Gasteiger charge is 2.34. The average Bonchev–Trinajstić information content (AvgIpc) is 2.84. The third kappa shape index (κ3) is 7.58. The third-order valence-corrected chi connectivity index (χ3v) is 7.63. The van der Waals surface area contributed by atoms with Crippen LogP contribution in [0.1, 0.15) is 70.3 Å². The lowest BCUT2D eigenvalue weighted by Crippen LogP contribution is -2.18. The van der Waals surface area contributed by atoms with Crippen LogP contribution in [0.15, 0.2) is 29.2 Å². The van der Waals surface area contributed by atoms with E-state index in [2.05, 4.69) is 11.7 Å². The van der Waals surface area contributed by atoms with Gasteiger partial charge in [0.25, 0.3) is 0 Å². The smallest absolute Gasteiger partial charge is 0.466 e. The van der Waals surface area contributed by atoms with Gasteiger partial charge in [0.1, 0.15) is 0 Å². The van der Waals surface area contributed by atoms with Gasteiger partial charge in [-0.2, -0.15) is 0 Å². The molecule has 3 nitrogen and oxygen atoms in total. The highest BCUT2D eigenvalue weighted by molar-refractivity contribution is 7.99.